The average molecular weight is 605 g/mol. The number of benzene rings is 1. The van der Waals surface area contributed by atoms with E-state index in [1.165, 1.54) is 0 Å². The van der Waals surface area contributed by atoms with E-state index in [9.17, 15) is 19.5 Å². The zero-order valence-electron chi connectivity index (χ0n) is 27.6. The van der Waals surface area contributed by atoms with Gasteiger partial charge >= 0.3 is 0 Å². The highest BCUT2D eigenvalue weighted by atomic mass is 16.5. The molecular formula is C33H56N4O6. The van der Waals surface area contributed by atoms with Gasteiger partial charge in [0.05, 0.1) is 48.8 Å². The van der Waals surface area contributed by atoms with Crippen molar-refractivity contribution in [3.05, 3.63) is 35.9 Å². The van der Waals surface area contributed by atoms with E-state index in [0.717, 1.165) is 24.8 Å². The quantitative estimate of drug-likeness (QED) is 0.215. The van der Waals surface area contributed by atoms with Crippen molar-refractivity contribution in [2.75, 3.05) is 27.8 Å². The summed E-state index contributed by atoms with van der Waals surface area (Å²) in [5, 5.41) is 19.9. The molecule has 0 aliphatic carbocycles. The standard InChI is InChI=1S/C33H56N4O6/c1-10-21(4)29(36-28(20(2)3)33(41)34-7)26(42-8)19-27(38)37-18-14-17-25(37)31(43-9)22(5)32(40)35-23(6)30(39)24-15-12-11-13-16-24/h11-13,15-16,20-23,25-26,28-31,36,39H,10,14,17-19H2,1-9H3,(H,34,41)(H,35,40)/t21-,22+,23+,25-,26+,28-,29-,30+,31+/m0/s1. The topological polar surface area (TPSA) is 129 Å². The van der Waals surface area contributed by atoms with Gasteiger partial charge in [0, 0.05) is 33.9 Å². The summed E-state index contributed by atoms with van der Waals surface area (Å²) in [6.45, 7) is 12.3. The van der Waals surface area contributed by atoms with Gasteiger partial charge in [0.15, 0.2) is 0 Å². The second-order valence-corrected chi connectivity index (χ2v) is 12.3. The number of ether oxygens (including phenoxy) is 2. The van der Waals surface area contributed by atoms with E-state index in [1.807, 2.05) is 49.1 Å². The third kappa shape index (κ3) is 9.73. The Hall–Kier alpha value is -2.53. The van der Waals surface area contributed by atoms with Crippen LogP contribution < -0.4 is 16.0 Å². The van der Waals surface area contributed by atoms with Crippen molar-refractivity contribution in [2.24, 2.45) is 17.8 Å². The molecule has 3 amide bonds. The van der Waals surface area contributed by atoms with Gasteiger partial charge in [0.2, 0.25) is 17.7 Å². The van der Waals surface area contributed by atoms with E-state index < -0.39 is 36.3 Å². The number of carbonyl (C=O) groups is 3. The van der Waals surface area contributed by atoms with Crippen molar-refractivity contribution in [1.29, 1.82) is 0 Å². The molecule has 1 aromatic carbocycles. The molecule has 1 aliphatic rings. The number of hydrogen-bond acceptors (Lipinski definition) is 7. The molecule has 9 atom stereocenters. The molecule has 244 valence electrons. The molecule has 0 spiro atoms. The number of nitrogens with one attached hydrogen (secondary N) is 3. The molecule has 0 radical (unpaired) electrons. The van der Waals surface area contributed by atoms with Gasteiger partial charge < -0.3 is 30.1 Å². The van der Waals surface area contributed by atoms with Gasteiger partial charge in [-0.3, -0.25) is 19.7 Å². The molecule has 4 N–H and O–H groups in total. The Bertz CT molecular complexity index is 1010. The van der Waals surface area contributed by atoms with E-state index in [0.29, 0.717) is 6.54 Å². The number of aliphatic hydroxyl groups is 1. The largest absolute Gasteiger partial charge is 0.386 e. The van der Waals surface area contributed by atoms with Crippen LogP contribution in [-0.2, 0) is 23.9 Å². The molecule has 10 nitrogen and oxygen atoms in total. The summed E-state index contributed by atoms with van der Waals surface area (Å²) in [7, 11) is 4.81. The summed E-state index contributed by atoms with van der Waals surface area (Å²) >= 11 is 0. The number of methoxy groups -OCH3 is 2. The van der Waals surface area contributed by atoms with Crippen LogP contribution in [-0.4, -0.2) is 91.9 Å². The molecule has 0 saturated carbocycles. The first-order valence-electron chi connectivity index (χ1n) is 15.8. The third-order valence-electron chi connectivity index (χ3n) is 9.07. The molecule has 1 heterocycles. The Balaban J connectivity index is 2.16. The van der Waals surface area contributed by atoms with Crippen LogP contribution in [0.25, 0.3) is 0 Å². The van der Waals surface area contributed by atoms with Crippen LogP contribution in [0.15, 0.2) is 30.3 Å². The molecular weight excluding hydrogens is 548 g/mol. The first-order valence-corrected chi connectivity index (χ1v) is 15.8. The van der Waals surface area contributed by atoms with E-state index in [-0.39, 0.29) is 48.1 Å². The van der Waals surface area contributed by atoms with E-state index in [2.05, 4.69) is 29.8 Å². The van der Waals surface area contributed by atoms with E-state index in [1.54, 1.807) is 35.1 Å². The summed E-state index contributed by atoms with van der Waals surface area (Å²) in [6, 6.07) is 7.82. The molecule has 0 aromatic heterocycles. The van der Waals surface area contributed by atoms with Crippen molar-refractivity contribution < 1.29 is 29.0 Å². The minimum absolute atomic E-state index is 0.0503. The Kier molecular flexibility index (Phi) is 15.1. The summed E-state index contributed by atoms with van der Waals surface area (Å²) in [6.07, 6.45) is 0.717. The molecule has 10 heteroatoms. The van der Waals surface area contributed by atoms with Crippen LogP contribution >= 0.6 is 0 Å². The summed E-state index contributed by atoms with van der Waals surface area (Å²) in [5.74, 6) is -0.742. The summed E-state index contributed by atoms with van der Waals surface area (Å²) in [5.41, 5.74) is 0.728. The average Bonchev–Trinajstić information content (AvgIpc) is 3.49. The van der Waals surface area contributed by atoms with Crippen molar-refractivity contribution in [3.8, 4) is 0 Å². The number of hydrogen-bond donors (Lipinski definition) is 4. The maximum absolute atomic E-state index is 13.8. The number of nitrogens with zero attached hydrogens (tertiary/aromatic N) is 1. The molecule has 0 unspecified atom stereocenters. The van der Waals surface area contributed by atoms with Gasteiger partial charge in [-0.05, 0) is 37.2 Å². The number of likely N-dealkylation sites (tertiary alicyclic amines) is 1. The van der Waals surface area contributed by atoms with Crippen LogP contribution in [0, 0.1) is 17.8 Å². The van der Waals surface area contributed by atoms with Crippen LogP contribution in [0.2, 0.25) is 0 Å². The zero-order chi connectivity index (χ0) is 32.3. The lowest BCUT2D eigenvalue weighted by Gasteiger charge is -2.38. The summed E-state index contributed by atoms with van der Waals surface area (Å²) < 4.78 is 11.8. The highest BCUT2D eigenvalue weighted by molar-refractivity contribution is 5.82. The second kappa shape index (κ2) is 17.7. The smallest absolute Gasteiger partial charge is 0.237 e. The van der Waals surface area contributed by atoms with Gasteiger partial charge in [0.25, 0.3) is 0 Å². The van der Waals surface area contributed by atoms with Gasteiger partial charge in [-0.1, -0.05) is 71.4 Å². The lowest BCUT2D eigenvalue weighted by molar-refractivity contribution is -0.142. The minimum atomic E-state index is -0.848. The number of rotatable bonds is 17. The monoisotopic (exact) mass is 604 g/mol. The van der Waals surface area contributed by atoms with Gasteiger partial charge in [-0.2, -0.15) is 0 Å². The molecule has 0 bridgehead atoms. The maximum Gasteiger partial charge on any atom is 0.237 e. The molecule has 2 rings (SSSR count). The fourth-order valence-corrected chi connectivity index (χ4v) is 6.13. The SMILES string of the molecule is CC[C@H](C)[C@H](N[C@H](C(=O)NC)C(C)C)[C@@H](CC(=O)N1CCC[C@H]1[C@H](OC)[C@@H](C)C(=O)N[C@H](C)[C@@H](O)c1ccccc1)OC. The maximum atomic E-state index is 13.8. The van der Waals surface area contributed by atoms with Gasteiger partial charge in [-0.25, -0.2) is 0 Å². The lowest BCUT2D eigenvalue weighted by atomic mass is 9.89. The third-order valence-corrected chi connectivity index (χ3v) is 9.07. The highest BCUT2D eigenvalue weighted by Gasteiger charge is 2.42. The first-order chi connectivity index (χ1) is 20.4. The highest BCUT2D eigenvalue weighted by Crippen LogP contribution is 2.29. The number of amides is 3. The van der Waals surface area contributed by atoms with Crippen LogP contribution in [0.5, 0.6) is 0 Å². The molecule has 1 aliphatic heterocycles. The van der Waals surface area contributed by atoms with Gasteiger partial charge in [-0.15, -0.1) is 0 Å². The van der Waals surface area contributed by atoms with Crippen molar-refractivity contribution >= 4 is 17.7 Å². The molecule has 43 heavy (non-hydrogen) atoms. The van der Waals surface area contributed by atoms with Crippen molar-refractivity contribution in [3.63, 3.8) is 0 Å². The Morgan fingerprint density at radius 2 is 1.67 bits per heavy atom. The van der Waals surface area contributed by atoms with E-state index in [4.69, 9.17) is 9.47 Å². The predicted molar refractivity (Wildman–Crippen MR) is 168 cm³/mol. The number of carbonyl (C=O) groups excluding carboxylic acids is 3. The molecule has 1 aromatic rings. The van der Waals surface area contributed by atoms with Gasteiger partial charge in [0.1, 0.15) is 0 Å². The minimum Gasteiger partial charge on any atom is -0.386 e. The van der Waals surface area contributed by atoms with Crippen LogP contribution in [0.4, 0.5) is 0 Å². The Morgan fingerprint density at radius 1 is 1.02 bits per heavy atom. The molecule has 1 fully saturated rings. The zero-order valence-corrected chi connectivity index (χ0v) is 27.6. The van der Waals surface area contributed by atoms with Crippen molar-refractivity contribution in [2.45, 2.75) is 110 Å². The Morgan fingerprint density at radius 3 is 2.21 bits per heavy atom. The van der Waals surface area contributed by atoms with Crippen LogP contribution in [0.1, 0.15) is 78.9 Å². The second-order valence-electron chi connectivity index (χ2n) is 12.3. The fourth-order valence-electron chi connectivity index (χ4n) is 6.13. The number of aliphatic hydroxyl groups excluding tert-OH is 1. The lowest BCUT2D eigenvalue weighted by Crippen LogP contribution is -2.57. The summed E-state index contributed by atoms with van der Waals surface area (Å²) in [4.78, 5) is 41.6. The van der Waals surface area contributed by atoms with Crippen molar-refractivity contribution in [1.82, 2.24) is 20.9 Å². The van der Waals surface area contributed by atoms with Crippen LogP contribution in [0.3, 0.4) is 0 Å². The first kappa shape index (κ1) is 36.7. The molecule has 1 saturated heterocycles. The Labute approximate surface area is 258 Å². The normalized spacial score (nSPS) is 20.9. The van der Waals surface area contributed by atoms with E-state index >= 15 is 0 Å². The number of likely N-dealkylation sites (N-methyl/N-ethyl adjacent to an activating group) is 1. The fraction of sp³-hybridized carbons (Fsp3) is 0.727. The predicted octanol–water partition coefficient (Wildman–Crippen LogP) is 3.05.